The van der Waals surface area contributed by atoms with E-state index in [1.807, 2.05) is 0 Å². The van der Waals surface area contributed by atoms with Gasteiger partial charge in [-0.05, 0) is 37.3 Å². The molecule has 1 unspecified atom stereocenters. The Morgan fingerprint density at radius 2 is 2.25 bits per heavy atom. The number of para-hydroxylation sites is 1. The molecule has 1 nitrogen and oxygen atoms in total. The number of hydrogen-bond donors (Lipinski definition) is 0. The van der Waals surface area contributed by atoms with Crippen molar-refractivity contribution in [1.29, 1.82) is 0 Å². The topological polar surface area (TPSA) is 9.23 Å². The summed E-state index contributed by atoms with van der Waals surface area (Å²) in [7, 11) is 0. The molecule has 1 aliphatic carbocycles. The predicted octanol–water partition coefficient (Wildman–Crippen LogP) is 4.44. The maximum atomic E-state index is 13.5. The van der Waals surface area contributed by atoms with Gasteiger partial charge in [0.2, 0.25) is 0 Å². The number of benzene rings is 1. The van der Waals surface area contributed by atoms with E-state index in [-0.39, 0.29) is 17.7 Å². The first-order valence-electron chi connectivity index (χ1n) is 5.81. The summed E-state index contributed by atoms with van der Waals surface area (Å²) >= 11 is 5.91. The third kappa shape index (κ3) is 2.49. The Morgan fingerprint density at radius 1 is 1.44 bits per heavy atom. The second kappa shape index (κ2) is 5.05. The van der Waals surface area contributed by atoms with Crippen molar-refractivity contribution in [2.75, 3.05) is 0 Å². The first-order chi connectivity index (χ1) is 7.70. The summed E-state index contributed by atoms with van der Waals surface area (Å²) in [6.07, 6.45) is 4.49. The van der Waals surface area contributed by atoms with Crippen LogP contribution in [0.25, 0.3) is 0 Å². The summed E-state index contributed by atoms with van der Waals surface area (Å²) in [5, 5.41) is 0.361. The second-order valence-electron chi connectivity index (χ2n) is 4.38. The third-order valence-corrected chi connectivity index (χ3v) is 3.57. The highest BCUT2D eigenvalue weighted by Gasteiger charge is 2.26. The minimum Gasteiger partial charge on any atom is -0.486 e. The van der Waals surface area contributed by atoms with Gasteiger partial charge in [0.25, 0.3) is 0 Å². The van der Waals surface area contributed by atoms with E-state index in [0.717, 1.165) is 18.8 Å². The van der Waals surface area contributed by atoms with Gasteiger partial charge in [-0.15, -0.1) is 0 Å². The number of hydrogen-bond acceptors (Lipinski definition) is 1. The highest BCUT2D eigenvalue weighted by atomic mass is 35.5. The van der Waals surface area contributed by atoms with Crippen molar-refractivity contribution >= 4 is 11.6 Å². The SMILES string of the molecule is CC[C@H]1CCC(Oc2c(F)cccc2Cl)C1. The van der Waals surface area contributed by atoms with Crippen molar-refractivity contribution in [3.63, 3.8) is 0 Å². The molecule has 16 heavy (non-hydrogen) atoms. The summed E-state index contributed by atoms with van der Waals surface area (Å²) in [6.45, 7) is 2.18. The van der Waals surface area contributed by atoms with E-state index < -0.39 is 0 Å². The molecule has 2 rings (SSSR count). The molecule has 1 fully saturated rings. The predicted molar refractivity (Wildman–Crippen MR) is 63.5 cm³/mol. The molecule has 0 aliphatic heterocycles. The molecule has 0 heterocycles. The minimum atomic E-state index is -0.368. The zero-order valence-corrected chi connectivity index (χ0v) is 10.1. The van der Waals surface area contributed by atoms with Crippen molar-refractivity contribution in [2.24, 2.45) is 5.92 Å². The fourth-order valence-electron chi connectivity index (χ4n) is 2.27. The van der Waals surface area contributed by atoms with Crippen molar-refractivity contribution in [3.05, 3.63) is 29.0 Å². The molecule has 0 radical (unpaired) electrons. The van der Waals surface area contributed by atoms with Crippen LogP contribution in [0.1, 0.15) is 32.6 Å². The lowest BCUT2D eigenvalue weighted by Crippen LogP contribution is -2.13. The van der Waals surface area contributed by atoms with Crippen molar-refractivity contribution < 1.29 is 9.13 Å². The van der Waals surface area contributed by atoms with Crippen molar-refractivity contribution in [2.45, 2.75) is 38.7 Å². The molecule has 0 bridgehead atoms. The Morgan fingerprint density at radius 3 is 2.88 bits per heavy atom. The van der Waals surface area contributed by atoms with Gasteiger partial charge in [-0.25, -0.2) is 4.39 Å². The van der Waals surface area contributed by atoms with E-state index in [0.29, 0.717) is 5.02 Å². The molecule has 0 saturated heterocycles. The highest BCUT2D eigenvalue weighted by molar-refractivity contribution is 6.32. The maximum absolute atomic E-state index is 13.5. The third-order valence-electron chi connectivity index (χ3n) is 3.27. The van der Waals surface area contributed by atoms with E-state index in [4.69, 9.17) is 16.3 Å². The number of rotatable bonds is 3. The van der Waals surface area contributed by atoms with Crippen LogP contribution in [0.5, 0.6) is 5.75 Å². The smallest absolute Gasteiger partial charge is 0.173 e. The lowest BCUT2D eigenvalue weighted by Gasteiger charge is -2.15. The molecule has 0 amide bonds. The summed E-state index contributed by atoms with van der Waals surface area (Å²) in [6, 6.07) is 4.63. The van der Waals surface area contributed by atoms with Gasteiger partial charge in [0.05, 0.1) is 11.1 Å². The van der Waals surface area contributed by atoms with Crippen LogP contribution in [0.4, 0.5) is 4.39 Å². The van der Waals surface area contributed by atoms with E-state index in [1.165, 1.54) is 18.9 Å². The van der Waals surface area contributed by atoms with Crippen LogP contribution < -0.4 is 4.74 Å². The zero-order valence-electron chi connectivity index (χ0n) is 9.38. The van der Waals surface area contributed by atoms with Crippen LogP contribution in [0.15, 0.2) is 18.2 Å². The Balaban J connectivity index is 2.04. The average molecular weight is 243 g/mol. The monoisotopic (exact) mass is 242 g/mol. The van der Waals surface area contributed by atoms with Crippen molar-refractivity contribution in [1.82, 2.24) is 0 Å². The first-order valence-corrected chi connectivity index (χ1v) is 6.19. The summed E-state index contributed by atoms with van der Waals surface area (Å²) in [5.74, 6) is 0.564. The second-order valence-corrected chi connectivity index (χ2v) is 4.79. The van der Waals surface area contributed by atoms with E-state index in [9.17, 15) is 4.39 Å². The molecule has 1 aromatic rings. The Kier molecular flexibility index (Phi) is 3.70. The number of ether oxygens (including phenoxy) is 1. The number of halogens is 2. The van der Waals surface area contributed by atoms with E-state index in [1.54, 1.807) is 12.1 Å². The van der Waals surface area contributed by atoms with Gasteiger partial charge in [-0.2, -0.15) is 0 Å². The van der Waals surface area contributed by atoms with Crippen LogP contribution in [-0.4, -0.2) is 6.10 Å². The minimum absolute atomic E-state index is 0.124. The fourth-order valence-corrected chi connectivity index (χ4v) is 2.48. The standard InChI is InChI=1S/C13H16ClFO/c1-2-9-6-7-10(8-9)16-13-11(14)4-3-5-12(13)15/h3-5,9-10H,2,6-8H2,1H3/t9-,10?/m0/s1. The maximum Gasteiger partial charge on any atom is 0.173 e. The molecular weight excluding hydrogens is 227 g/mol. The molecule has 1 aliphatic rings. The molecule has 1 aromatic carbocycles. The lowest BCUT2D eigenvalue weighted by atomic mass is 10.1. The van der Waals surface area contributed by atoms with E-state index >= 15 is 0 Å². The quantitative estimate of drug-likeness (QED) is 0.762. The summed E-state index contributed by atoms with van der Waals surface area (Å²) in [5.41, 5.74) is 0. The highest BCUT2D eigenvalue weighted by Crippen LogP contribution is 2.34. The normalized spacial score (nSPS) is 24.7. The molecule has 0 spiro atoms. The Hall–Kier alpha value is -0.760. The molecular formula is C13H16ClFO. The van der Waals surface area contributed by atoms with E-state index in [2.05, 4.69) is 6.92 Å². The van der Waals surface area contributed by atoms with Gasteiger partial charge in [-0.1, -0.05) is 31.0 Å². The van der Waals surface area contributed by atoms with Gasteiger partial charge < -0.3 is 4.74 Å². The van der Waals surface area contributed by atoms with Crippen LogP contribution in [-0.2, 0) is 0 Å². The molecule has 2 atom stereocenters. The molecule has 3 heteroatoms. The largest absolute Gasteiger partial charge is 0.486 e. The van der Waals surface area contributed by atoms with Gasteiger partial charge in [0, 0.05) is 0 Å². The summed E-state index contributed by atoms with van der Waals surface area (Å²) < 4.78 is 19.1. The van der Waals surface area contributed by atoms with Gasteiger partial charge in [0.1, 0.15) is 0 Å². The van der Waals surface area contributed by atoms with Gasteiger partial charge in [-0.3, -0.25) is 0 Å². The lowest BCUT2D eigenvalue weighted by molar-refractivity contribution is 0.195. The molecule has 88 valence electrons. The van der Waals surface area contributed by atoms with Crippen LogP contribution in [0.2, 0.25) is 5.02 Å². The van der Waals surface area contributed by atoms with Gasteiger partial charge in [0.15, 0.2) is 11.6 Å². The van der Waals surface area contributed by atoms with Crippen LogP contribution in [0, 0.1) is 11.7 Å². The van der Waals surface area contributed by atoms with Gasteiger partial charge >= 0.3 is 0 Å². The summed E-state index contributed by atoms with van der Waals surface area (Å²) in [4.78, 5) is 0. The molecule has 0 aromatic heterocycles. The van der Waals surface area contributed by atoms with Crippen LogP contribution >= 0.6 is 11.6 Å². The van der Waals surface area contributed by atoms with Crippen LogP contribution in [0.3, 0.4) is 0 Å². The molecule has 0 N–H and O–H groups in total. The van der Waals surface area contributed by atoms with Crippen molar-refractivity contribution in [3.8, 4) is 5.75 Å². The Labute approximate surface area is 101 Å². The Bertz CT molecular complexity index is 347. The fraction of sp³-hybridized carbons (Fsp3) is 0.538. The first kappa shape index (κ1) is 11.7. The zero-order chi connectivity index (χ0) is 11.5. The average Bonchev–Trinajstić information content (AvgIpc) is 2.71. The molecule has 1 saturated carbocycles.